The molecule has 1 atom stereocenters. The van der Waals surface area contributed by atoms with Crippen molar-refractivity contribution < 1.29 is 42.8 Å². The Balaban J connectivity index is 1.03. The number of carbonyl (C=O) groups excluding carboxylic acids is 3. The molecule has 8 rings (SSSR count). The third-order valence-electron chi connectivity index (χ3n) is 11.2. The second-order valence-corrected chi connectivity index (χ2v) is 15.2. The lowest BCUT2D eigenvalue weighted by atomic mass is 10.1. The molecule has 62 heavy (non-hydrogen) atoms. The summed E-state index contributed by atoms with van der Waals surface area (Å²) in [6, 6.07) is 28.4. The topological polar surface area (TPSA) is 137 Å². The Bertz CT molecular complexity index is 2520. The molecule has 0 fully saturated rings. The predicted octanol–water partition coefficient (Wildman–Crippen LogP) is 8.51. The van der Waals surface area contributed by atoms with E-state index in [-0.39, 0.29) is 37.0 Å². The minimum atomic E-state index is -0.260. The van der Waals surface area contributed by atoms with Gasteiger partial charge in [0.1, 0.15) is 19.0 Å². The number of hydrogen-bond donors (Lipinski definition) is 1. The van der Waals surface area contributed by atoms with Crippen LogP contribution in [0.1, 0.15) is 69.2 Å². The van der Waals surface area contributed by atoms with Gasteiger partial charge in [0, 0.05) is 55.7 Å². The third kappa shape index (κ3) is 8.74. The zero-order chi connectivity index (χ0) is 43.2. The number of para-hydroxylation sites is 2. The first-order valence-electron chi connectivity index (χ1n) is 20.9. The van der Waals surface area contributed by atoms with Gasteiger partial charge in [0.25, 0.3) is 11.8 Å². The number of methoxy groups -OCH3 is 3. The molecule has 3 aliphatic rings. The van der Waals surface area contributed by atoms with E-state index in [2.05, 4.69) is 11.4 Å². The first-order valence-corrected chi connectivity index (χ1v) is 20.9. The molecule has 0 unspecified atom stereocenters. The normalized spacial score (nSPS) is 14.6. The van der Waals surface area contributed by atoms with Gasteiger partial charge in [0.05, 0.1) is 56.5 Å². The monoisotopic (exact) mass is 838 g/mol. The molecule has 0 aromatic heterocycles. The molecule has 0 aliphatic carbocycles. The fourth-order valence-electron chi connectivity index (χ4n) is 8.19. The molecule has 5 aromatic carbocycles. The van der Waals surface area contributed by atoms with E-state index in [4.69, 9.17) is 33.4 Å². The molecule has 3 heterocycles. The van der Waals surface area contributed by atoms with Gasteiger partial charge in [0.15, 0.2) is 23.0 Å². The van der Waals surface area contributed by atoms with Crippen LogP contribution in [-0.4, -0.2) is 71.1 Å². The summed E-state index contributed by atoms with van der Waals surface area (Å²) in [5, 5.41) is 3.35. The fraction of sp³-hybridized carbons (Fsp3) is 0.306. The summed E-state index contributed by atoms with van der Waals surface area (Å²) < 4.78 is 35.4. The maximum absolute atomic E-state index is 14.0. The first kappa shape index (κ1) is 41.7. The van der Waals surface area contributed by atoms with E-state index in [1.165, 1.54) is 7.11 Å². The number of nitrogens with zero attached hydrogens (tertiary/aromatic N) is 3. The molecule has 13 nitrogen and oxygen atoms in total. The van der Waals surface area contributed by atoms with Crippen molar-refractivity contribution in [2.45, 2.75) is 58.3 Å². The van der Waals surface area contributed by atoms with E-state index in [0.29, 0.717) is 96.6 Å². The highest BCUT2D eigenvalue weighted by Gasteiger charge is 2.36. The molecular formula is C49H50N4O9. The highest BCUT2D eigenvalue weighted by atomic mass is 16.5. The van der Waals surface area contributed by atoms with Gasteiger partial charge < -0.3 is 38.6 Å². The number of unbranched alkanes of at least 4 members (excludes halogenated alkanes) is 1. The van der Waals surface area contributed by atoms with Crippen LogP contribution in [0.15, 0.2) is 96.0 Å². The number of rotatable bonds is 17. The van der Waals surface area contributed by atoms with Crippen LogP contribution in [0, 0.1) is 0 Å². The Labute approximate surface area is 361 Å². The Morgan fingerprint density at radius 3 is 2.19 bits per heavy atom. The molecule has 13 heteroatoms. The van der Waals surface area contributed by atoms with Crippen LogP contribution in [0.5, 0.6) is 28.7 Å². The quantitative estimate of drug-likeness (QED) is 0.0717. The number of hydrogen-bond acceptors (Lipinski definition) is 11. The van der Waals surface area contributed by atoms with Gasteiger partial charge in [0.2, 0.25) is 0 Å². The summed E-state index contributed by atoms with van der Waals surface area (Å²) in [5.41, 5.74) is 7.70. The maximum Gasteiger partial charge on any atom is 0.305 e. The number of carbonyl (C=O) groups is 3. The van der Waals surface area contributed by atoms with E-state index in [0.717, 1.165) is 40.0 Å². The molecule has 3 aliphatic heterocycles. The number of nitrogens with one attached hydrogen (secondary N) is 1. The van der Waals surface area contributed by atoms with Crippen molar-refractivity contribution in [2.75, 3.05) is 56.1 Å². The van der Waals surface area contributed by atoms with Gasteiger partial charge in [-0.2, -0.15) is 0 Å². The van der Waals surface area contributed by atoms with Crippen LogP contribution < -0.4 is 38.8 Å². The molecule has 1 N–H and O–H groups in total. The van der Waals surface area contributed by atoms with E-state index in [9.17, 15) is 14.4 Å². The summed E-state index contributed by atoms with van der Waals surface area (Å²) >= 11 is 0. The summed E-state index contributed by atoms with van der Waals surface area (Å²) in [6.45, 7) is 3.82. The average Bonchev–Trinajstić information content (AvgIpc) is 3.87. The molecule has 0 saturated carbocycles. The van der Waals surface area contributed by atoms with Gasteiger partial charge in [-0.1, -0.05) is 36.4 Å². The Morgan fingerprint density at radius 2 is 1.47 bits per heavy atom. The number of aliphatic imine (C=N–C) groups is 1. The van der Waals surface area contributed by atoms with Crippen LogP contribution in [0.3, 0.4) is 0 Å². The third-order valence-corrected chi connectivity index (χ3v) is 11.2. The van der Waals surface area contributed by atoms with Crippen molar-refractivity contribution >= 4 is 46.7 Å². The van der Waals surface area contributed by atoms with Crippen LogP contribution in [0.25, 0.3) is 0 Å². The maximum atomic E-state index is 14.0. The average molecular weight is 839 g/mol. The predicted molar refractivity (Wildman–Crippen MR) is 237 cm³/mol. The van der Waals surface area contributed by atoms with Crippen molar-refractivity contribution in [1.29, 1.82) is 0 Å². The van der Waals surface area contributed by atoms with E-state index >= 15 is 0 Å². The molecule has 2 amide bonds. The SMILES string of the molecule is CCNc1cc(OCc2cc(COc3cc4c(cc3OC)C(=O)N3c5ccccc5C[C@H]3C=N4)cc(OCCCCC(=O)OC)c2)c(OC)cc1C(=O)N1CCc2ccccc21. The van der Waals surface area contributed by atoms with E-state index in [1.807, 2.05) is 84.8 Å². The van der Waals surface area contributed by atoms with Gasteiger partial charge in [-0.05, 0) is 90.9 Å². The second-order valence-electron chi connectivity index (χ2n) is 15.2. The number of fused-ring (bicyclic) bond motifs is 5. The zero-order valence-electron chi connectivity index (χ0n) is 35.4. The van der Waals surface area contributed by atoms with Crippen LogP contribution in [0.2, 0.25) is 0 Å². The standard InChI is InChI=1S/C49H50N4O9/c1-5-50-39-26-45(43(57-2)24-37(39)48(55)52-18-17-33-12-6-8-14-41(33)52)61-29-31-20-32(22-36(21-31)60-19-11-10-16-47(54)59-4)30-62-46-27-40-38(25-44(46)58-3)49(56)53-35(28-51-40)23-34-13-7-9-15-42(34)53/h6-9,12-15,20-22,24-28,35,50H,5,10-11,16-19,23,29-30H2,1-4H3/t35-/m0/s1. The number of ether oxygens (including phenoxy) is 6. The van der Waals surface area contributed by atoms with Crippen molar-refractivity contribution in [1.82, 2.24) is 0 Å². The second kappa shape index (κ2) is 18.7. The summed E-state index contributed by atoms with van der Waals surface area (Å²) in [5.74, 6) is 1.79. The lowest BCUT2D eigenvalue weighted by Gasteiger charge is -2.22. The summed E-state index contributed by atoms with van der Waals surface area (Å²) in [4.78, 5) is 48.0. The fourth-order valence-corrected chi connectivity index (χ4v) is 8.19. The highest BCUT2D eigenvalue weighted by molar-refractivity contribution is 6.15. The first-order chi connectivity index (χ1) is 30.3. The molecule has 0 bridgehead atoms. The molecule has 0 saturated heterocycles. The summed E-state index contributed by atoms with van der Waals surface area (Å²) in [7, 11) is 4.48. The van der Waals surface area contributed by atoms with Crippen molar-refractivity contribution in [3.05, 3.63) is 124 Å². The van der Waals surface area contributed by atoms with E-state index < -0.39 is 0 Å². The van der Waals surface area contributed by atoms with Crippen LogP contribution >= 0.6 is 0 Å². The van der Waals surface area contributed by atoms with Crippen molar-refractivity contribution in [3.8, 4) is 28.7 Å². The minimum absolute atomic E-state index is 0.118. The highest BCUT2D eigenvalue weighted by Crippen LogP contribution is 2.42. The van der Waals surface area contributed by atoms with Gasteiger partial charge in [-0.3, -0.25) is 24.3 Å². The molecule has 5 aromatic rings. The van der Waals surface area contributed by atoms with Crippen LogP contribution in [-0.2, 0) is 35.6 Å². The smallest absolute Gasteiger partial charge is 0.305 e. The zero-order valence-corrected chi connectivity index (χ0v) is 35.4. The van der Waals surface area contributed by atoms with Crippen LogP contribution in [0.4, 0.5) is 22.7 Å². The number of benzene rings is 5. The minimum Gasteiger partial charge on any atom is -0.494 e. The molecular weight excluding hydrogens is 789 g/mol. The number of amides is 2. The lowest BCUT2D eigenvalue weighted by molar-refractivity contribution is -0.140. The van der Waals surface area contributed by atoms with E-state index in [1.54, 1.807) is 37.3 Å². The van der Waals surface area contributed by atoms with Crippen molar-refractivity contribution in [2.24, 2.45) is 4.99 Å². The van der Waals surface area contributed by atoms with Gasteiger partial charge >= 0.3 is 5.97 Å². The Morgan fingerprint density at radius 1 is 0.774 bits per heavy atom. The summed E-state index contributed by atoms with van der Waals surface area (Å²) in [6.07, 6.45) is 4.89. The Hall–Kier alpha value is -7.02. The van der Waals surface area contributed by atoms with Gasteiger partial charge in [-0.15, -0.1) is 0 Å². The van der Waals surface area contributed by atoms with Gasteiger partial charge in [-0.25, -0.2) is 0 Å². The molecule has 0 radical (unpaired) electrons. The number of anilines is 3. The largest absolute Gasteiger partial charge is 0.494 e. The Kier molecular flexibility index (Phi) is 12.6. The molecule has 0 spiro atoms. The lowest BCUT2D eigenvalue weighted by Crippen LogP contribution is -2.37. The molecule has 320 valence electrons. The number of esters is 1. The van der Waals surface area contributed by atoms with Crippen molar-refractivity contribution in [3.63, 3.8) is 0 Å².